The fourth-order valence-electron chi connectivity index (χ4n) is 2.33. The highest BCUT2D eigenvalue weighted by molar-refractivity contribution is 7.93. The van der Waals surface area contributed by atoms with E-state index in [1.807, 2.05) is 5.38 Å². The number of sulfone groups is 1. The van der Waals surface area contributed by atoms with E-state index in [0.29, 0.717) is 15.6 Å². The van der Waals surface area contributed by atoms with Gasteiger partial charge in [0.2, 0.25) is 0 Å². The Kier molecular flexibility index (Phi) is 5.98. The molecule has 9 heteroatoms. The van der Waals surface area contributed by atoms with Crippen molar-refractivity contribution in [1.29, 1.82) is 0 Å². The van der Waals surface area contributed by atoms with Gasteiger partial charge in [0.25, 0.3) is 0 Å². The van der Waals surface area contributed by atoms with Gasteiger partial charge in [-0.05, 0) is 41.1 Å². The summed E-state index contributed by atoms with van der Waals surface area (Å²) in [6.07, 6.45) is 0. The van der Waals surface area contributed by atoms with Crippen molar-refractivity contribution >= 4 is 55.8 Å². The molecule has 3 aromatic rings. The standard InChI is InChI=1S/C17H15ClN2O3S3/c18-12-4-1-5-13(10-12)20-17(21)19-11-15(14-6-2-8-24-14)26(22,23)16-7-3-9-25-16/h1-10,15H,11H2,(H2,19,20,21). The quantitative estimate of drug-likeness (QED) is 0.594. The van der Waals surface area contributed by atoms with Crippen LogP contribution in [0.4, 0.5) is 10.5 Å². The van der Waals surface area contributed by atoms with Gasteiger partial charge in [0, 0.05) is 22.1 Å². The maximum absolute atomic E-state index is 12.9. The molecule has 2 heterocycles. The van der Waals surface area contributed by atoms with Crippen molar-refractivity contribution in [3.8, 4) is 0 Å². The normalized spacial score (nSPS) is 12.5. The molecule has 2 N–H and O–H groups in total. The Morgan fingerprint density at radius 2 is 1.85 bits per heavy atom. The van der Waals surface area contributed by atoms with Crippen molar-refractivity contribution in [2.75, 3.05) is 11.9 Å². The molecule has 0 saturated heterocycles. The summed E-state index contributed by atoms with van der Waals surface area (Å²) in [5.74, 6) is 0. The summed E-state index contributed by atoms with van der Waals surface area (Å²) >= 11 is 8.41. The first-order chi connectivity index (χ1) is 12.5. The topological polar surface area (TPSA) is 75.3 Å². The first kappa shape index (κ1) is 18.9. The van der Waals surface area contributed by atoms with E-state index in [1.54, 1.807) is 53.9 Å². The summed E-state index contributed by atoms with van der Waals surface area (Å²) in [5.41, 5.74) is 0.531. The van der Waals surface area contributed by atoms with Crippen LogP contribution in [0.15, 0.2) is 63.5 Å². The van der Waals surface area contributed by atoms with Gasteiger partial charge in [-0.25, -0.2) is 13.2 Å². The largest absolute Gasteiger partial charge is 0.336 e. The Bertz CT molecular complexity index is 971. The maximum atomic E-state index is 12.9. The lowest BCUT2D eigenvalue weighted by molar-refractivity contribution is 0.252. The van der Waals surface area contributed by atoms with Crippen LogP contribution >= 0.6 is 34.3 Å². The number of hydrogen-bond donors (Lipinski definition) is 2. The zero-order valence-corrected chi connectivity index (χ0v) is 16.6. The predicted molar refractivity (Wildman–Crippen MR) is 107 cm³/mol. The Morgan fingerprint density at radius 3 is 2.50 bits per heavy atom. The summed E-state index contributed by atoms with van der Waals surface area (Å²) in [6, 6.07) is 13.1. The van der Waals surface area contributed by atoms with Gasteiger partial charge in [-0.3, -0.25) is 0 Å². The molecule has 1 aromatic carbocycles. The zero-order valence-electron chi connectivity index (χ0n) is 13.4. The van der Waals surface area contributed by atoms with Gasteiger partial charge >= 0.3 is 6.03 Å². The van der Waals surface area contributed by atoms with Crippen LogP contribution < -0.4 is 10.6 Å². The van der Waals surface area contributed by atoms with Gasteiger partial charge in [0.05, 0.1) is 0 Å². The lowest BCUT2D eigenvalue weighted by atomic mass is 10.3. The molecular formula is C17H15ClN2O3S3. The first-order valence-electron chi connectivity index (χ1n) is 7.58. The minimum atomic E-state index is -3.59. The third-order valence-corrected chi connectivity index (χ3v) is 8.43. The summed E-state index contributed by atoms with van der Waals surface area (Å²) in [4.78, 5) is 12.8. The average Bonchev–Trinajstić information content (AvgIpc) is 3.29. The van der Waals surface area contributed by atoms with E-state index in [0.717, 1.165) is 0 Å². The molecule has 2 aromatic heterocycles. The number of carbonyl (C=O) groups excluding carboxylic acids is 1. The summed E-state index contributed by atoms with van der Waals surface area (Å²) < 4.78 is 26.2. The number of hydrogen-bond acceptors (Lipinski definition) is 5. The molecule has 0 bridgehead atoms. The van der Waals surface area contributed by atoms with Crippen LogP contribution in [0.2, 0.25) is 5.02 Å². The van der Waals surface area contributed by atoms with E-state index < -0.39 is 21.1 Å². The Morgan fingerprint density at radius 1 is 1.08 bits per heavy atom. The molecule has 5 nitrogen and oxygen atoms in total. The molecule has 0 aliphatic rings. The summed E-state index contributed by atoms with van der Waals surface area (Å²) in [7, 11) is -3.59. The highest BCUT2D eigenvalue weighted by atomic mass is 35.5. The number of anilines is 1. The van der Waals surface area contributed by atoms with Gasteiger partial charge in [-0.15, -0.1) is 22.7 Å². The van der Waals surface area contributed by atoms with Crippen molar-refractivity contribution in [1.82, 2.24) is 5.32 Å². The molecule has 136 valence electrons. The van der Waals surface area contributed by atoms with Crippen LogP contribution in [0.5, 0.6) is 0 Å². The molecule has 3 rings (SSSR count). The Balaban J connectivity index is 1.74. The molecule has 26 heavy (non-hydrogen) atoms. The number of benzene rings is 1. The number of amides is 2. The van der Waals surface area contributed by atoms with Crippen LogP contribution in [0.25, 0.3) is 0 Å². The second-order valence-corrected chi connectivity index (χ2v) is 10.0. The number of halogens is 1. The van der Waals surface area contributed by atoms with Crippen LogP contribution in [0, 0.1) is 0 Å². The third kappa shape index (κ3) is 4.45. The number of thiophene rings is 2. The number of nitrogens with one attached hydrogen (secondary N) is 2. The van der Waals surface area contributed by atoms with E-state index in [9.17, 15) is 13.2 Å². The smallest absolute Gasteiger partial charge is 0.319 e. The Labute approximate surface area is 164 Å². The highest BCUT2D eigenvalue weighted by Crippen LogP contribution is 2.33. The predicted octanol–water partition coefficient (Wildman–Crippen LogP) is 4.80. The van der Waals surface area contributed by atoms with E-state index in [1.165, 1.54) is 22.7 Å². The van der Waals surface area contributed by atoms with Crippen molar-refractivity contribution in [3.05, 3.63) is 69.2 Å². The molecule has 0 aliphatic heterocycles. The van der Waals surface area contributed by atoms with E-state index in [-0.39, 0.29) is 10.8 Å². The minimum Gasteiger partial charge on any atom is -0.336 e. The SMILES string of the molecule is O=C(NCC(c1cccs1)S(=O)(=O)c1cccs1)Nc1cccc(Cl)c1. The molecular weight excluding hydrogens is 412 g/mol. The number of urea groups is 1. The number of rotatable bonds is 6. The molecule has 1 unspecified atom stereocenters. The van der Waals surface area contributed by atoms with Gasteiger partial charge in [0.15, 0.2) is 9.84 Å². The van der Waals surface area contributed by atoms with Crippen LogP contribution in [-0.2, 0) is 9.84 Å². The zero-order chi connectivity index (χ0) is 18.6. The summed E-state index contributed by atoms with van der Waals surface area (Å²) in [6.45, 7) is -0.0346. The van der Waals surface area contributed by atoms with Crippen LogP contribution in [0.1, 0.15) is 10.1 Å². The summed E-state index contributed by atoms with van der Waals surface area (Å²) in [5, 5.41) is 8.49. The average molecular weight is 427 g/mol. The second kappa shape index (κ2) is 8.22. The van der Waals surface area contributed by atoms with E-state index in [2.05, 4.69) is 10.6 Å². The first-order valence-corrected chi connectivity index (χ1v) is 11.3. The molecule has 0 saturated carbocycles. The molecule has 2 amide bonds. The molecule has 0 spiro atoms. The molecule has 1 atom stereocenters. The molecule has 0 fully saturated rings. The molecule has 0 aliphatic carbocycles. The van der Waals surface area contributed by atoms with Crippen molar-refractivity contribution in [2.24, 2.45) is 0 Å². The minimum absolute atomic E-state index is 0.0346. The monoisotopic (exact) mass is 426 g/mol. The fourth-order valence-corrected chi connectivity index (χ4v) is 6.51. The van der Waals surface area contributed by atoms with E-state index in [4.69, 9.17) is 11.6 Å². The van der Waals surface area contributed by atoms with Crippen LogP contribution in [0.3, 0.4) is 0 Å². The van der Waals surface area contributed by atoms with Crippen molar-refractivity contribution < 1.29 is 13.2 Å². The third-order valence-electron chi connectivity index (χ3n) is 3.54. The highest BCUT2D eigenvalue weighted by Gasteiger charge is 2.31. The van der Waals surface area contributed by atoms with Crippen molar-refractivity contribution in [3.63, 3.8) is 0 Å². The van der Waals surface area contributed by atoms with Crippen molar-refractivity contribution in [2.45, 2.75) is 9.46 Å². The fraction of sp³-hybridized carbons (Fsp3) is 0.118. The lowest BCUT2D eigenvalue weighted by Crippen LogP contribution is -2.34. The van der Waals surface area contributed by atoms with E-state index >= 15 is 0 Å². The van der Waals surface area contributed by atoms with Gasteiger partial charge in [-0.2, -0.15) is 0 Å². The van der Waals surface area contributed by atoms with Crippen LogP contribution in [-0.4, -0.2) is 21.0 Å². The van der Waals surface area contributed by atoms with Gasteiger partial charge in [0.1, 0.15) is 9.46 Å². The maximum Gasteiger partial charge on any atom is 0.319 e. The molecule has 0 radical (unpaired) electrons. The van der Waals surface area contributed by atoms with Gasteiger partial charge in [-0.1, -0.05) is 29.8 Å². The Hall–Kier alpha value is -1.87. The van der Waals surface area contributed by atoms with Gasteiger partial charge < -0.3 is 10.6 Å². The lowest BCUT2D eigenvalue weighted by Gasteiger charge is -2.16. The number of carbonyl (C=O) groups is 1. The second-order valence-electron chi connectivity index (χ2n) is 5.33.